The fourth-order valence-corrected chi connectivity index (χ4v) is 3.44. The van der Waals surface area contributed by atoms with Crippen LogP contribution >= 0.6 is 0 Å². The monoisotopic (exact) mass is 249 g/mol. The predicted molar refractivity (Wildman–Crippen MR) is 68.9 cm³/mol. The molecule has 0 spiro atoms. The van der Waals surface area contributed by atoms with Gasteiger partial charge in [-0.25, -0.2) is 4.39 Å². The topological polar surface area (TPSA) is 23.5 Å². The van der Waals surface area contributed by atoms with E-state index >= 15 is 0 Å². The van der Waals surface area contributed by atoms with Gasteiger partial charge in [-0.2, -0.15) is 0 Å². The number of piperidine rings is 1. The highest BCUT2D eigenvalue weighted by Gasteiger charge is 2.41. The van der Waals surface area contributed by atoms with Crippen molar-refractivity contribution in [2.45, 2.75) is 44.2 Å². The van der Waals surface area contributed by atoms with E-state index in [0.29, 0.717) is 11.6 Å². The zero-order valence-electron chi connectivity index (χ0n) is 10.8. The lowest BCUT2D eigenvalue weighted by Crippen LogP contribution is -2.46. The molecule has 2 nitrogen and oxygen atoms in total. The van der Waals surface area contributed by atoms with Gasteiger partial charge in [0.05, 0.1) is 5.60 Å². The zero-order valence-corrected chi connectivity index (χ0v) is 10.8. The van der Waals surface area contributed by atoms with Crippen molar-refractivity contribution in [3.05, 3.63) is 35.1 Å². The molecule has 1 aromatic rings. The molecule has 0 aliphatic carbocycles. The van der Waals surface area contributed by atoms with Gasteiger partial charge in [0.15, 0.2) is 0 Å². The Morgan fingerprint density at radius 1 is 1.39 bits per heavy atom. The third-order valence-electron chi connectivity index (χ3n) is 4.58. The largest absolute Gasteiger partial charge is 0.385 e. The number of aryl methyl sites for hydroxylation is 1. The summed E-state index contributed by atoms with van der Waals surface area (Å²) >= 11 is 0. The standard InChI is InChI=1S/C15H20FNO/c1-11-9-12(4-5-14(11)16)15(18)6-8-17-7-2-3-13(17)10-15/h4-5,9,13,18H,2-3,6-8,10H2,1H3. The van der Waals surface area contributed by atoms with E-state index in [0.717, 1.165) is 24.9 Å². The second-order valence-corrected chi connectivity index (χ2v) is 5.78. The Labute approximate surface area is 107 Å². The number of nitrogens with zero attached hydrogens (tertiary/aromatic N) is 1. The first-order chi connectivity index (χ1) is 8.58. The molecule has 2 saturated heterocycles. The summed E-state index contributed by atoms with van der Waals surface area (Å²) in [6.45, 7) is 3.88. The molecule has 2 fully saturated rings. The van der Waals surface area contributed by atoms with Crippen LogP contribution in [0.5, 0.6) is 0 Å². The summed E-state index contributed by atoms with van der Waals surface area (Å²) in [6.07, 6.45) is 3.97. The molecule has 2 atom stereocenters. The summed E-state index contributed by atoms with van der Waals surface area (Å²) in [5, 5.41) is 10.9. The van der Waals surface area contributed by atoms with Gasteiger partial charge in [0.25, 0.3) is 0 Å². The van der Waals surface area contributed by atoms with Crippen LogP contribution in [-0.4, -0.2) is 29.1 Å². The smallest absolute Gasteiger partial charge is 0.126 e. The van der Waals surface area contributed by atoms with Crippen molar-refractivity contribution in [2.75, 3.05) is 13.1 Å². The fourth-order valence-electron chi connectivity index (χ4n) is 3.44. The first kappa shape index (κ1) is 12.1. The molecule has 1 N–H and O–H groups in total. The number of benzene rings is 1. The Kier molecular flexibility index (Phi) is 2.91. The van der Waals surface area contributed by atoms with Crippen LogP contribution < -0.4 is 0 Å². The van der Waals surface area contributed by atoms with Crippen LogP contribution in [0.4, 0.5) is 4.39 Å². The molecule has 2 unspecified atom stereocenters. The third-order valence-corrected chi connectivity index (χ3v) is 4.58. The molecule has 2 aliphatic heterocycles. The quantitative estimate of drug-likeness (QED) is 0.827. The van der Waals surface area contributed by atoms with E-state index in [9.17, 15) is 9.50 Å². The molecule has 0 aromatic heterocycles. The van der Waals surface area contributed by atoms with Crippen molar-refractivity contribution in [3.8, 4) is 0 Å². The summed E-state index contributed by atoms with van der Waals surface area (Å²) in [4.78, 5) is 2.48. The minimum atomic E-state index is -0.760. The van der Waals surface area contributed by atoms with E-state index < -0.39 is 5.60 Å². The Hall–Kier alpha value is -0.930. The van der Waals surface area contributed by atoms with Crippen molar-refractivity contribution in [2.24, 2.45) is 0 Å². The Morgan fingerprint density at radius 3 is 3.00 bits per heavy atom. The number of aliphatic hydroxyl groups is 1. The molecule has 3 heteroatoms. The average Bonchev–Trinajstić information content (AvgIpc) is 2.79. The van der Waals surface area contributed by atoms with Crippen LogP contribution in [0.1, 0.15) is 36.8 Å². The van der Waals surface area contributed by atoms with E-state index in [2.05, 4.69) is 4.90 Å². The summed E-state index contributed by atoms with van der Waals surface area (Å²) in [7, 11) is 0. The highest BCUT2D eigenvalue weighted by atomic mass is 19.1. The van der Waals surface area contributed by atoms with Gasteiger partial charge in [-0.3, -0.25) is 0 Å². The number of halogens is 1. The first-order valence-corrected chi connectivity index (χ1v) is 6.81. The molecule has 0 amide bonds. The normalized spacial score (nSPS) is 32.5. The van der Waals surface area contributed by atoms with Gasteiger partial charge in [-0.1, -0.05) is 12.1 Å². The summed E-state index contributed by atoms with van der Waals surface area (Å²) in [5.74, 6) is -0.194. The highest BCUT2D eigenvalue weighted by molar-refractivity contribution is 5.29. The van der Waals surface area contributed by atoms with Gasteiger partial charge in [-0.15, -0.1) is 0 Å². The van der Waals surface area contributed by atoms with Crippen LogP contribution in [0.15, 0.2) is 18.2 Å². The maximum Gasteiger partial charge on any atom is 0.126 e. The molecule has 98 valence electrons. The Morgan fingerprint density at radius 2 is 2.22 bits per heavy atom. The lowest BCUT2D eigenvalue weighted by Gasteiger charge is -2.41. The molecule has 18 heavy (non-hydrogen) atoms. The van der Waals surface area contributed by atoms with E-state index in [1.165, 1.54) is 25.5 Å². The van der Waals surface area contributed by atoms with Gasteiger partial charge in [0, 0.05) is 12.6 Å². The first-order valence-electron chi connectivity index (χ1n) is 6.81. The zero-order chi connectivity index (χ0) is 12.8. The van der Waals surface area contributed by atoms with Crippen LogP contribution in [0.3, 0.4) is 0 Å². The molecule has 2 heterocycles. The summed E-state index contributed by atoms with van der Waals surface area (Å²) in [6, 6.07) is 5.53. The molecular formula is C15H20FNO. The fraction of sp³-hybridized carbons (Fsp3) is 0.600. The second kappa shape index (κ2) is 4.32. The van der Waals surface area contributed by atoms with Crippen molar-refractivity contribution >= 4 is 0 Å². The molecule has 2 aliphatic rings. The maximum atomic E-state index is 13.3. The second-order valence-electron chi connectivity index (χ2n) is 5.78. The number of hydrogen-bond donors (Lipinski definition) is 1. The molecule has 1 aromatic carbocycles. The van der Waals surface area contributed by atoms with E-state index in [1.807, 2.05) is 0 Å². The molecule has 0 radical (unpaired) electrons. The van der Waals surface area contributed by atoms with Crippen molar-refractivity contribution < 1.29 is 9.50 Å². The van der Waals surface area contributed by atoms with Crippen molar-refractivity contribution in [1.82, 2.24) is 4.90 Å². The van der Waals surface area contributed by atoms with Gasteiger partial charge in [0.2, 0.25) is 0 Å². The predicted octanol–water partition coefficient (Wildman–Crippen LogP) is 2.58. The highest BCUT2D eigenvalue weighted by Crippen LogP contribution is 2.39. The molecule has 3 rings (SSSR count). The van der Waals surface area contributed by atoms with Gasteiger partial charge in [0.1, 0.15) is 5.82 Å². The van der Waals surface area contributed by atoms with E-state index in [-0.39, 0.29) is 5.82 Å². The lowest BCUT2D eigenvalue weighted by atomic mass is 9.80. The van der Waals surface area contributed by atoms with Crippen LogP contribution in [0, 0.1) is 12.7 Å². The van der Waals surface area contributed by atoms with Gasteiger partial charge in [-0.05, 0) is 56.3 Å². The Bertz CT molecular complexity index is 462. The van der Waals surface area contributed by atoms with Crippen LogP contribution in [0.2, 0.25) is 0 Å². The summed E-state index contributed by atoms with van der Waals surface area (Å²) in [5.41, 5.74) is 0.743. The van der Waals surface area contributed by atoms with E-state index in [1.54, 1.807) is 19.1 Å². The SMILES string of the molecule is Cc1cc(C2(O)CCN3CCCC3C2)ccc1F. The van der Waals surface area contributed by atoms with Crippen molar-refractivity contribution in [3.63, 3.8) is 0 Å². The minimum absolute atomic E-state index is 0.194. The van der Waals surface area contributed by atoms with E-state index in [4.69, 9.17) is 0 Å². The summed E-state index contributed by atoms with van der Waals surface area (Å²) < 4.78 is 13.3. The Balaban J connectivity index is 1.87. The molecular weight excluding hydrogens is 229 g/mol. The van der Waals surface area contributed by atoms with Crippen molar-refractivity contribution in [1.29, 1.82) is 0 Å². The average molecular weight is 249 g/mol. The number of hydrogen-bond acceptors (Lipinski definition) is 2. The van der Waals surface area contributed by atoms with Gasteiger partial charge >= 0.3 is 0 Å². The maximum absolute atomic E-state index is 13.3. The van der Waals surface area contributed by atoms with Gasteiger partial charge < -0.3 is 10.0 Å². The minimum Gasteiger partial charge on any atom is -0.385 e. The lowest BCUT2D eigenvalue weighted by molar-refractivity contribution is -0.0409. The number of rotatable bonds is 1. The molecule has 0 saturated carbocycles. The third kappa shape index (κ3) is 1.95. The van der Waals surface area contributed by atoms with Crippen LogP contribution in [0.25, 0.3) is 0 Å². The molecule has 0 bridgehead atoms. The number of fused-ring (bicyclic) bond motifs is 1. The van der Waals surface area contributed by atoms with Crippen LogP contribution in [-0.2, 0) is 5.60 Å².